The van der Waals surface area contributed by atoms with Gasteiger partial charge < -0.3 is 10.6 Å². The summed E-state index contributed by atoms with van der Waals surface area (Å²) in [6.07, 6.45) is 4.58. The SMILES string of the molecule is CCc1c(C)nn(CCNc2nc(-c3cccnc3)nc3c2CNC3)c1C. The molecule has 7 nitrogen and oxygen atoms in total. The summed E-state index contributed by atoms with van der Waals surface area (Å²) in [6.45, 7) is 9.55. The first kappa shape index (κ1) is 17.6. The fourth-order valence-corrected chi connectivity index (χ4v) is 3.68. The van der Waals surface area contributed by atoms with Gasteiger partial charge in [-0.2, -0.15) is 5.10 Å². The fraction of sp³-hybridized carbons (Fsp3) is 0.400. The van der Waals surface area contributed by atoms with Crippen molar-refractivity contribution < 1.29 is 0 Å². The Bertz CT molecular complexity index is 947. The van der Waals surface area contributed by atoms with Crippen LogP contribution in [0.1, 0.15) is 35.1 Å². The zero-order valence-corrected chi connectivity index (χ0v) is 16.1. The smallest absolute Gasteiger partial charge is 0.163 e. The number of nitrogens with zero attached hydrogens (tertiary/aromatic N) is 5. The lowest BCUT2D eigenvalue weighted by Gasteiger charge is -2.12. The third-order valence-electron chi connectivity index (χ3n) is 5.11. The van der Waals surface area contributed by atoms with Crippen molar-refractivity contribution in [1.82, 2.24) is 30.0 Å². The van der Waals surface area contributed by atoms with E-state index in [0.717, 1.165) is 60.9 Å². The molecule has 1 aliphatic heterocycles. The van der Waals surface area contributed by atoms with Crippen LogP contribution >= 0.6 is 0 Å². The summed E-state index contributed by atoms with van der Waals surface area (Å²) < 4.78 is 2.09. The van der Waals surface area contributed by atoms with E-state index >= 15 is 0 Å². The standard InChI is InChI=1S/C20H25N7/c1-4-16-13(2)26-27(14(16)3)9-8-23-20-17-11-22-12-18(17)24-19(25-20)15-6-5-7-21-10-15/h5-7,10,22H,4,8-9,11-12H2,1-3H3,(H,23,24,25). The van der Waals surface area contributed by atoms with Crippen molar-refractivity contribution in [2.24, 2.45) is 0 Å². The Hall–Kier alpha value is -2.80. The molecule has 4 rings (SSSR count). The minimum absolute atomic E-state index is 0.715. The molecule has 3 aromatic heterocycles. The summed E-state index contributed by atoms with van der Waals surface area (Å²) in [5.41, 5.74) is 6.88. The van der Waals surface area contributed by atoms with E-state index in [-0.39, 0.29) is 0 Å². The van der Waals surface area contributed by atoms with Gasteiger partial charge in [0, 0.05) is 48.8 Å². The third kappa shape index (κ3) is 3.42. The first-order chi connectivity index (χ1) is 13.2. The molecule has 0 aromatic carbocycles. The molecule has 0 spiro atoms. The number of pyridine rings is 1. The van der Waals surface area contributed by atoms with Crippen molar-refractivity contribution in [3.05, 3.63) is 52.7 Å². The zero-order valence-electron chi connectivity index (χ0n) is 16.1. The second-order valence-corrected chi connectivity index (χ2v) is 6.82. The second-order valence-electron chi connectivity index (χ2n) is 6.82. The van der Waals surface area contributed by atoms with E-state index in [0.29, 0.717) is 5.82 Å². The molecule has 1 aliphatic rings. The normalized spacial score (nSPS) is 13.0. The molecule has 0 amide bonds. The quantitative estimate of drug-likeness (QED) is 0.701. The monoisotopic (exact) mass is 363 g/mol. The first-order valence-electron chi connectivity index (χ1n) is 9.45. The van der Waals surface area contributed by atoms with Crippen LogP contribution in [-0.2, 0) is 26.1 Å². The molecule has 140 valence electrons. The maximum atomic E-state index is 4.78. The van der Waals surface area contributed by atoms with Crippen molar-refractivity contribution in [2.45, 2.75) is 46.8 Å². The predicted molar refractivity (Wildman–Crippen MR) is 105 cm³/mol. The summed E-state index contributed by atoms with van der Waals surface area (Å²) in [6, 6.07) is 3.90. The van der Waals surface area contributed by atoms with Crippen LogP contribution in [0.5, 0.6) is 0 Å². The highest BCUT2D eigenvalue weighted by atomic mass is 15.3. The van der Waals surface area contributed by atoms with E-state index in [1.165, 1.54) is 11.3 Å². The van der Waals surface area contributed by atoms with Crippen molar-refractivity contribution >= 4 is 5.82 Å². The molecule has 27 heavy (non-hydrogen) atoms. The van der Waals surface area contributed by atoms with Gasteiger partial charge in [-0.25, -0.2) is 9.97 Å². The van der Waals surface area contributed by atoms with Crippen LogP contribution in [0.4, 0.5) is 5.82 Å². The lowest BCUT2D eigenvalue weighted by Crippen LogP contribution is -2.15. The molecule has 0 saturated heterocycles. The summed E-state index contributed by atoms with van der Waals surface area (Å²) in [5.74, 6) is 1.62. The highest BCUT2D eigenvalue weighted by Gasteiger charge is 2.19. The van der Waals surface area contributed by atoms with Crippen molar-refractivity contribution in [3.63, 3.8) is 0 Å². The molecule has 4 heterocycles. The molecule has 0 unspecified atom stereocenters. The van der Waals surface area contributed by atoms with Crippen molar-refractivity contribution in [1.29, 1.82) is 0 Å². The molecule has 0 bridgehead atoms. The molecule has 2 N–H and O–H groups in total. The van der Waals surface area contributed by atoms with Gasteiger partial charge in [-0.3, -0.25) is 9.67 Å². The Morgan fingerprint density at radius 2 is 2.11 bits per heavy atom. The van der Waals surface area contributed by atoms with Crippen molar-refractivity contribution in [3.8, 4) is 11.4 Å². The lowest BCUT2D eigenvalue weighted by molar-refractivity contribution is 0.613. The van der Waals surface area contributed by atoms with E-state index in [9.17, 15) is 0 Å². The van der Waals surface area contributed by atoms with Gasteiger partial charge in [0.25, 0.3) is 0 Å². The van der Waals surface area contributed by atoms with E-state index in [1.807, 2.05) is 12.1 Å². The number of fused-ring (bicyclic) bond motifs is 1. The summed E-state index contributed by atoms with van der Waals surface area (Å²) >= 11 is 0. The largest absolute Gasteiger partial charge is 0.368 e. The highest BCUT2D eigenvalue weighted by Crippen LogP contribution is 2.25. The number of aromatic nitrogens is 5. The second kappa shape index (κ2) is 7.44. The van der Waals surface area contributed by atoms with Gasteiger partial charge in [0.1, 0.15) is 5.82 Å². The van der Waals surface area contributed by atoms with Crippen LogP contribution in [0, 0.1) is 13.8 Å². The van der Waals surface area contributed by atoms with E-state index < -0.39 is 0 Å². The fourth-order valence-electron chi connectivity index (χ4n) is 3.68. The summed E-state index contributed by atoms with van der Waals surface area (Å²) in [5, 5.41) is 11.5. The number of hydrogen-bond donors (Lipinski definition) is 2. The van der Waals surface area contributed by atoms with Gasteiger partial charge in [0.2, 0.25) is 0 Å². The molecular weight excluding hydrogens is 338 g/mol. The average molecular weight is 363 g/mol. The minimum atomic E-state index is 0.715. The summed E-state index contributed by atoms with van der Waals surface area (Å²) in [4.78, 5) is 13.7. The van der Waals surface area contributed by atoms with Gasteiger partial charge >= 0.3 is 0 Å². The van der Waals surface area contributed by atoms with Gasteiger partial charge in [-0.05, 0) is 38.0 Å². The number of rotatable bonds is 6. The average Bonchev–Trinajstić information content (AvgIpc) is 3.26. The molecule has 3 aromatic rings. The molecule has 0 aliphatic carbocycles. The maximum absolute atomic E-state index is 4.78. The van der Waals surface area contributed by atoms with Crippen LogP contribution in [0.2, 0.25) is 0 Å². The summed E-state index contributed by atoms with van der Waals surface area (Å²) in [7, 11) is 0. The Balaban J connectivity index is 1.55. The number of nitrogens with one attached hydrogen (secondary N) is 2. The van der Waals surface area contributed by atoms with Crippen LogP contribution in [-0.4, -0.2) is 31.3 Å². The molecule has 0 radical (unpaired) electrons. The predicted octanol–water partition coefficient (Wildman–Crippen LogP) is 2.63. The van der Waals surface area contributed by atoms with Crippen LogP contribution in [0.3, 0.4) is 0 Å². The van der Waals surface area contributed by atoms with Gasteiger partial charge in [0.15, 0.2) is 5.82 Å². The van der Waals surface area contributed by atoms with Crippen molar-refractivity contribution in [2.75, 3.05) is 11.9 Å². The molecule has 7 heteroatoms. The Labute approximate surface area is 159 Å². The lowest BCUT2D eigenvalue weighted by atomic mass is 10.1. The van der Waals surface area contributed by atoms with Gasteiger partial charge in [-0.1, -0.05) is 6.92 Å². The minimum Gasteiger partial charge on any atom is -0.368 e. The molecule has 0 saturated carbocycles. The van der Waals surface area contributed by atoms with Gasteiger partial charge in [-0.15, -0.1) is 0 Å². The van der Waals surface area contributed by atoms with Crippen LogP contribution < -0.4 is 10.6 Å². The van der Waals surface area contributed by atoms with E-state index in [4.69, 9.17) is 9.97 Å². The number of anilines is 1. The Morgan fingerprint density at radius 1 is 1.22 bits per heavy atom. The Morgan fingerprint density at radius 3 is 2.85 bits per heavy atom. The third-order valence-corrected chi connectivity index (χ3v) is 5.11. The van der Waals surface area contributed by atoms with Gasteiger partial charge in [0.05, 0.1) is 17.9 Å². The first-order valence-corrected chi connectivity index (χ1v) is 9.45. The highest BCUT2D eigenvalue weighted by molar-refractivity contribution is 5.59. The molecule has 0 atom stereocenters. The maximum Gasteiger partial charge on any atom is 0.163 e. The van der Waals surface area contributed by atoms with E-state index in [2.05, 4.69) is 46.2 Å². The topological polar surface area (TPSA) is 80.6 Å². The van der Waals surface area contributed by atoms with Crippen LogP contribution in [0.15, 0.2) is 24.5 Å². The van der Waals surface area contributed by atoms with Crippen LogP contribution in [0.25, 0.3) is 11.4 Å². The number of hydrogen-bond acceptors (Lipinski definition) is 6. The van der Waals surface area contributed by atoms with E-state index in [1.54, 1.807) is 12.4 Å². The molecular formula is C20H25N7. The molecule has 0 fully saturated rings. The Kier molecular flexibility index (Phi) is 4.85. The zero-order chi connectivity index (χ0) is 18.8. The number of aryl methyl sites for hydroxylation is 1.